The summed E-state index contributed by atoms with van der Waals surface area (Å²) in [5, 5.41) is 5.45. The van der Waals surface area contributed by atoms with Gasteiger partial charge in [-0.3, -0.25) is 0 Å². The summed E-state index contributed by atoms with van der Waals surface area (Å²) in [4.78, 5) is 4.28. The fourth-order valence-electron chi connectivity index (χ4n) is 1.71. The predicted molar refractivity (Wildman–Crippen MR) is 69.0 cm³/mol. The second-order valence-electron chi connectivity index (χ2n) is 4.07. The maximum Gasteiger partial charge on any atom is 0.127 e. The summed E-state index contributed by atoms with van der Waals surface area (Å²) in [5.41, 5.74) is 4.44. The molecule has 0 radical (unpaired) electrons. The summed E-state index contributed by atoms with van der Waals surface area (Å²) >= 11 is 0. The van der Waals surface area contributed by atoms with E-state index in [2.05, 4.69) is 27.7 Å². The molecule has 5 heteroatoms. The number of hydrogen-bond donors (Lipinski definition) is 2. The SMILES string of the molecule is CCCNc1cc(NN2CCOCC2)ccn1. The van der Waals surface area contributed by atoms with Crippen LogP contribution in [0.4, 0.5) is 11.5 Å². The fraction of sp³-hybridized carbons (Fsp3) is 0.583. The molecule has 0 atom stereocenters. The number of anilines is 2. The maximum atomic E-state index is 5.31. The standard InChI is InChI=1S/C12H20N4O/c1-2-4-13-12-10-11(3-5-14-12)15-16-6-8-17-9-7-16/h3,5,10H,2,4,6-9H2,1H3,(H2,13,14,15). The van der Waals surface area contributed by atoms with E-state index in [1.54, 1.807) is 0 Å². The lowest BCUT2D eigenvalue weighted by Crippen LogP contribution is -2.40. The molecule has 1 aliphatic rings. The number of ether oxygens (including phenoxy) is 1. The highest BCUT2D eigenvalue weighted by atomic mass is 16.5. The minimum Gasteiger partial charge on any atom is -0.379 e. The molecule has 17 heavy (non-hydrogen) atoms. The van der Waals surface area contributed by atoms with Crippen LogP contribution >= 0.6 is 0 Å². The number of rotatable bonds is 5. The number of hydrogen-bond acceptors (Lipinski definition) is 5. The number of nitrogens with one attached hydrogen (secondary N) is 2. The van der Waals surface area contributed by atoms with Crippen LogP contribution in [0.25, 0.3) is 0 Å². The van der Waals surface area contributed by atoms with Crippen LogP contribution in [0.5, 0.6) is 0 Å². The molecule has 0 unspecified atom stereocenters. The Morgan fingerprint density at radius 1 is 1.41 bits per heavy atom. The highest BCUT2D eigenvalue weighted by Crippen LogP contribution is 2.13. The van der Waals surface area contributed by atoms with Gasteiger partial charge < -0.3 is 15.5 Å². The van der Waals surface area contributed by atoms with Gasteiger partial charge >= 0.3 is 0 Å². The van der Waals surface area contributed by atoms with Crippen LogP contribution in [-0.4, -0.2) is 42.8 Å². The molecular formula is C12H20N4O. The molecule has 1 aromatic heterocycles. The van der Waals surface area contributed by atoms with Gasteiger partial charge in [-0.2, -0.15) is 0 Å². The first kappa shape index (κ1) is 12.1. The molecule has 0 bridgehead atoms. The summed E-state index contributed by atoms with van der Waals surface area (Å²) in [6.07, 6.45) is 2.92. The van der Waals surface area contributed by atoms with Gasteiger partial charge in [-0.15, -0.1) is 0 Å². The van der Waals surface area contributed by atoms with Crippen molar-refractivity contribution in [1.82, 2.24) is 9.99 Å². The van der Waals surface area contributed by atoms with E-state index in [0.717, 1.165) is 50.8 Å². The summed E-state index contributed by atoms with van der Waals surface area (Å²) in [6, 6.07) is 4.01. The quantitative estimate of drug-likeness (QED) is 0.812. The molecule has 2 N–H and O–H groups in total. The van der Waals surface area contributed by atoms with Crippen molar-refractivity contribution in [2.45, 2.75) is 13.3 Å². The third-order valence-electron chi connectivity index (χ3n) is 2.61. The second kappa shape index (κ2) is 6.42. The van der Waals surface area contributed by atoms with E-state index < -0.39 is 0 Å². The van der Waals surface area contributed by atoms with Crippen LogP contribution in [0.3, 0.4) is 0 Å². The van der Waals surface area contributed by atoms with E-state index in [9.17, 15) is 0 Å². The minimum absolute atomic E-state index is 0.791. The smallest absolute Gasteiger partial charge is 0.127 e. The zero-order chi connectivity index (χ0) is 11.9. The van der Waals surface area contributed by atoms with Crippen LogP contribution < -0.4 is 10.7 Å². The van der Waals surface area contributed by atoms with E-state index in [4.69, 9.17) is 4.74 Å². The first-order chi connectivity index (χ1) is 8.38. The summed E-state index contributed by atoms with van der Waals surface area (Å²) in [6.45, 7) is 6.51. The van der Waals surface area contributed by atoms with Crippen molar-refractivity contribution in [2.75, 3.05) is 43.6 Å². The normalized spacial score (nSPS) is 16.8. The predicted octanol–water partition coefficient (Wildman–Crippen LogP) is 1.56. The molecule has 1 fully saturated rings. The van der Waals surface area contributed by atoms with Crippen molar-refractivity contribution in [2.24, 2.45) is 0 Å². The van der Waals surface area contributed by atoms with Crippen molar-refractivity contribution in [3.05, 3.63) is 18.3 Å². The number of morpholine rings is 1. The number of nitrogens with zero attached hydrogens (tertiary/aromatic N) is 2. The van der Waals surface area contributed by atoms with E-state index in [1.165, 1.54) is 0 Å². The van der Waals surface area contributed by atoms with Crippen LogP contribution in [-0.2, 0) is 4.74 Å². The third-order valence-corrected chi connectivity index (χ3v) is 2.61. The van der Waals surface area contributed by atoms with Gasteiger partial charge in [-0.05, 0) is 12.5 Å². The van der Waals surface area contributed by atoms with Crippen LogP contribution in [0.15, 0.2) is 18.3 Å². The lowest BCUT2D eigenvalue weighted by Gasteiger charge is -2.28. The van der Waals surface area contributed by atoms with Crippen LogP contribution in [0.2, 0.25) is 0 Å². The van der Waals surface area contributed by atoms with Crippen molar-refractivity contribution >= 4 is 11.5 Å². The summed E-state index contributed by atoms with van der Waals surface area (Å²) in [7, 11) is 0. The third kappa shape index (κ3) is 3.87. The zero-order valence-corrected chi connectivity index (χ0v) is 10.3. The van der Waals surface area contributed by atoms with Gasteiger partial charge in [-0.1, -0.05) is 6.92 Å². The monoisotopic (exact) mass is 236 g/mol. The van der Waals surface area contributed by atoms with Crippen molar-refractivity contribution in [1.29, 1.82) is 0 Å². The average molecular weight is 236 g/mol. The topological polar surface area (TPSA) is 49.4 Å². The second-order valence-corrected chi connectivity index (χ2v) is 4.07. The fourth-order valence-corrected chi connectivity index (χ4v) is 1.71. The van der Waals surface area contributed by atoms with Gasteiger partial charge in [0.25, 0.3) is 0 Å². The molecule has 5 nitrogen and oxygen atoms in total. The highest BCUT2D eigenvalue weighted by Gasteiger charge is 2.09. The van der Waals surface area contributed by atoms with E-state index in [1.807, 2.05) is 18.3 Å². The number of aromatic nitrogens is 1. The van der Waals surface area contributed by atoms with Gasteiger partial charge in [0.2, 0.25) is 0 Å². The molecule has 1 saturated heterocycles. The highest BCUT2D eigenvalue weighted by molar-refractivity contribution is 5.51. The maximum absolute atomic E-state index is 5.31. The minimum atomic E-state index is 0.791. The molecule has 1 aliphatic heterocycles. The molecule has 2 rings (SSSR count). The van der Waals surface area contributed by atoms with Crippen molar-refractivity contribution in [3.63, 3.8) is 0 Å². The van der Waals surface area contributed by atoms with Crippen molar-refractivity contribution in [3.8, 4) is 0 Å². The molecule has 94 valence electrons. The van der Waals surface area contributed by atoms with Gasteiger partial charge in [0.05, 0.1) is 18.9 Å². The van der Waals surface area contributed by atoms with E-state index in [-0.39, 0.29) is 0 Å². The van der Waals surface area contributed by atoms with E-state index in [0.29, 0.717) is 0 Å². The number of hydrazine groups is 1. The Kier molecular flexibility index (Phi) is 4.58. The average Bonchev–Trinajstić information content (AvgIpc) is 2.38. The number of pyridine rings is 1. The molecule has 1 aromatic rings. The first-order valence-electron chi connectivity index (χ1n) is 6.18. The van der Waals surface area contributed by atoms with Gasteiger partial charge in [0, 0.05) is 31.9 Å². The largest absolute Gasteiger partial charge is 0.379 e. The Hall–Kier alpha value is -1.33. The Labute approximate surface area is 102 Å². The lowest BCUT2D eigenvalue weighted by molar-refractivity contribution is 0.0497. The molecule has 0 spiro atoms. The van der Waals surface area contributed by atoms with Crippen LogP contribution in [0.1, 0.15) is 13.3 Å². The summed E-state index contributed by atoms with van der Waals surface area (Å²) < 4.78 is 5.31. The Bertz CT molecular complexity index is 339. The molecule has 2 heterocycles. The van der Waals surface area contributed by atoms with Gasteiger partial charge in [-0.25, -0.2) is 9.99 Å². The summed E-state index contributed by atoms with van der Waals surface area (Å²) in [5.74, 6) is 0.921. The van der Waals surface area contributed by atoms with E-state index >= 15 is 0 Å². The zero-order valence-electron chi connectivity index (χ0n) is 10.3. The molecular weight excluding hydrogens is 216 g/mol. The molecule has 0 aromatic carbocycles. The molecule has 0 saturated carbocycles. The van der Waals surface area contributed by atoms with Crippen molar-refractivity contribution < 1.29 is 4.74 Å². The Morgan fingerprint density at radius 2 is 2.24 bits per heavy atom. The first-order valence-corrected chi connectivity index (χ1v) is 6.18. The van der Waals surface area contributed by atoms with Gasteiger partial charge in [0.1, 0.15) is 5.82 Å². The molecule has 0 aliphatic carbocycles. The Balaban J connectivity index is 1.90. The van der Waals surface area contributed by atoms with Gasteiger partial charge in [0.15, 0.2) is 0 Å². The molecule has 0 amide bonds. The van der Waals surface area contributed by atoms with Crippen LogP contribution in [0, 0.1) is 0 Å². The lowest BCUT2D eigenvalue weighted by atomic mass is 10.4. The Morgan fingerprint density at radius 3 is 3.00 bits per heavy atom.